The minimum atomic E-state index is -0.630. The molecule has 0 saturated heterocycles. The van der Waals surface area contributed by atoms with Gasteiger partial charge in [0, 0.05) is 6.04 Å². The Balaban J connectivity index is 2.15. The molecule has 112 valence electrons. The summed E-state index contributed by atoms with van der Waals surface area (Å²) >= 11 is 3.04. The van der Waals surface area contributed by atoms with Gasteiger partial charge in [0.25, 0.3) is 0 Å². The van der Waals surface area contributed by atoms with Crippen LogP contribution in [0, 0.1) is 11.6 Å². The normalized spacial score (nSPS) is 12.2. The van der Waals surface area contributed by atoms with Crippen molar-refractivity contribution in [3.05, 3.63) is 63.6 Å². The van der Waals surface area contributed by atoms with Crippen molar-refractivity contribution in [3.8, 4) is 5.75 Å². The van der Waals surface area contributed by atoms with Gasteiger partial charge >= 0.3 is 0 Å². The Hall–Kier alpha value is -1.46. The Labute approximate surface area is 131 Å². The molecule has 0 aliphatic carbocycles. The summed E-state index contributed by atoms with van der Waals surface area (Å²) in [6.07, 6.45) is 0. The largest absolute Gasteiger partial charge is 0.489 e. The first-order valence-corrected chi connectivity index (χ1v) is 7.34. The monoisotopic (exact) mass is 355 g/mol. The first-order valence-electron chi connectivity index (χ1n) is 6.55. The number of halogens is 3. The van der Waals surface area contributed by atoms with Crippen molar-refractivity contribution < 1.29 is 13.5 Å². The van der Waals surface area contributed by atoms with E-state index in [4.69, 9.17) is 4.74 Å². The van der Waals surface area contributed by atoms with Crippen LogP contribution in [-0.2, 0) is 6.61 Å². The number of hydrogen-bond acceptors (Lipinski definition) is 2. The lowest BCUT2D eigenvalue weighted by Crippen LogP contribution is -2.12. The van der Waals surface area contributed by atoms with Crippen molar-refractivity contribution in [1.82, 2.24) is 5.32 Å². The third kappa shape index (κ3) is 3.80. The zero-order valence-corrected chi connectivity index (χ0v) is 13.4. The van der Waals surface area contributed by atoms with Crippen molar-refractivity contribution in [2.45, 2.75) is 19.6 Å². The molecule has 1 unspecified atom stereocenters. The molecule has 0 bridgehead atoms. The summed E-state index contributed by atoms with van der Waals surface area (Å²) in [5.74, 6) is -0.668. The fraction of sp³-hybridized carbons (Fsp3) is 0.250. The van der Waals surface area contributed by atoms with Gasteiger partial charge < -0.3 is 10.1 Å². The molecule has 0 spiro atoms. The summed E-state index contributed by atoms with van der Waals surface area (Å²) in [5, 5.41) is 3.13. The minimum Gasteiger partial charge on any atom is -0.489 e. The lowest BCUT2D eigenvalue weighted by atomic mass is 10.1. The minimum absolute atomic E-state index is 0.0866. The first-order chi connectivity index (χ1) is 10.0. The molecular formula is C16H16BrF2NO. The maximum atomic E-state index is 13.9. The van der Waals surface area contributed by atoms with E-state index in [1.807, 2.05) is 32.2 Å². The molecule has 0 saturated carbocycles. The van der Waals surface area contributed by atoms with Gasteiger partial charge in [0.2, 0.25) is 0 Å². The Morgan fingerprint density at radius 1 is 1.24 bits per heavy atom. The molecule has 2 aromatic rings. The molecule has 1 atom stereocenters. The van der Waals surface area contributed by atoms with Crippen LogP contribution in [-0.4, -0.2) is 7.05 Å². The van der Waals surface area contributed by atoms with Crippen molar-refractivity contribution >= 4 is 15.9 Å². The van der Waals surface area contributed by atoms with E-state index >= 15 is 0 Å². The third-order valence-corrected chi connectivity index (χ3v) is 3.93. The molecule has 0 amide bonds. The van der Waals surface area contributed by atoms with Crippen LogP contribution < -0.4 is 10.1 Å². The van der Waals surface area contributed by atoms with Gasteiger partial charge in [-0.15, -0.1) is 0 Å². The van der Waals surface area contributed by atoms with E-state index in [1.54, 1.807) is 6.07 Å². The number of hydrogen-bond donors (Lipinski definition) is 1. The van der Waals surface area contributed by atoms with Crippen molar-refractivity contribution in [2.24, 2.45) is 0 Å². The zero-order valence-electron chi connectivity index (χ0n) is 11.8. The molecule has 0 aromatic heterocycles. The summed E-state index contributed by atoms with van der Waals surface area (Å²) in [5.41, 5.74) is 0.960. The van der Waals surface area contributed by atoms with Gasteiger partial charge in [-0.25, -0.2) is 8.78 Å². The fourth-order valence-corrected chi connectivity index (χ4v) is 2.27. The maximum Gasteiger partial charge on any atom is 0.146 e. The van der Waals surface area contributed by atoms with E-state index in [9.17, 15) is 8.78 Å². The second kappa shape index (κ2) is 7.00. The van der Waals surface area contributed by atoms with Gasteiger partial charge in [-0.3, -0.25) is 0 Å². The van der Waals surface area contributed by atoms with E-state index in [0.29, 0.717) is 5.75 Å². The molecule has 2 rings (SSSR count). The fourth-order valence-electron chi connectivity index (χ4n) is 1.90. The molecule has 2 aromatic carbocycles. The standard InChI is InChI=1S/C16H16BrF2NO/c1-10(20-2)11-4-3-5-12(8-11)21-9-13-15(18)7-6-14(17)16(13)19/h3-8,10,20H,9H2,1-2H3. The number of benzene rings is 2. The predicted octanol–water partition coefficient (Wildman–Crippen LogP) is 4.59. The van der Waals surface area contributed by atoms with Crippen molar-refractivity contribution in [3.63, 3.8) is 0 Å². The molecule has 0 aliphatic rings. The molecule has 0 fully saturated rings. The van der Waals surface area contributed by atoms with Gasteiger partial charge in [0.1, 0.15) is 24.0 Å². The predicted molar refractivity (Wildman–Crippen MR) is 82.3 cm³/mol. The summed E-state index contributed by atoms with van der Waals surface area (Å²) < 4.78 is 33.2. The molecular weight excluding hydrogens is 340 g/mol. The Morgan fingerprint density at radius 3 is 2.71 bits per heavy atom. The van der Waals surface area contributed by atoms with Crippen molar-refractivity contribution in [2.75, 3.05) is 7.05 Å². The molecule has 1 N–H and O–H groups in total. The van der Waals surface area contributed by atoms with Crippen LogP contribution in [0.15, 0.2) is 40.9 Å². The van der Waals surface area contributed by atoms with Crippen LogP contribution in [0.5, 0.6) is 5.75 Å². The van der Waals surface area contributed by atoms with Crippen LogP contribution in [0.1, 0.15) is 24.1 Å². The highest BCUT2D eigenvalue weighted by molar-refractivity contribution is 9.10. The Bertz CT molecular complexity index is 634. The Morgan fingerprint density at radius 2 is 2.00 bits per heavy atom. The quantitative estimate of drug-likeness (QED) is 0.792. The SMILES string of the molecule is CNC(C)c1cccc(OCc2c(F)ccc(Br)c2F)c1. The summed E-state index contributed by atoms with van der Waals surface area (Å²) in [6.45, 7) is 1.86. The number of rotatable bonds is 5. The molecule has 0 aliphatic heterocycles. The molecule has 21 heavy (non-hydrogen) atoms. The molecule has 2 nitrogen and oxygen atoms in total. The summed E-state index contributed by atoms with van der Waals surface area (Å²) in [6, 6.07) is 10.2. The molecule has 5 heteroatoms. The van der Waals surface area contributed by atoms with E-state index in [-0.39, 0.29) is 22.7 Å². The second-order valence-electron chi connectivity index (χ2n) is 4.69. The number of nitrogens with one attached hydrogen (secondary N) is 1. The highest BCUT2D eigenvalue weighted by Crippen LogP contribution is 2.24. The first kappa shape index (κ1) is 15.9. The van der Waals surface area contributed by atoms with E-state index < -0.39 is 11.6 Å². The molecule has 0 radical (unpaired) electrons. The van der Waals surface area contributed by atoms with Crippen LogP contribution in [0.25, 0.3) is 0 Å². The summed E-state index contributed by atoms with van der Waals surface area (Å²) in [4.78, 5) is 0. The van der Waals surface area contributed by atoms with Gasteiger partial charge in [0.15, 0.2) is 0 Å². The van der Waals surface area contributed by atoms with E-state index in [0.717, 1.165) is 5.56 Å². The van der Waals surface area contributed by atoms with E-state index in [2.05, 4.69) is 21.2 Å². The van der Waals surface area contributed by atoms with Gasteiger partial charge in [-0.1, -0.05) is 12.1 Å². The van der Waals surface area contributed by atoms with Gasteiger partial charge in [-0.2, -0.15) is 0 Å². The smallest absolute Gasteiger partial charge is 0.146 e. The highest BCUT2D eigenvalue weighted by Gasteiger charge is 2.13. The third-order valence-electron chi connectivity index (χ3n) is 3.31. The lowest BCUT2D eigenvalue weighted by molar-refractivity contribution is 0.291. The van der Waals surface area contributed by atoms with E-state index in [1.165, 1.54) is 12.1 Å². The Kier molecular flexibility index (Phi) is 5.31. The van der Waals surface area contributed by atoms with Crippen LogP contribution in [0.3, 0.4) is 0 Å². The number of ether oxygens (including phenoxy) is 1. The van der Waals surface area contributed by atoms with Crippen LogP contribution >= 0.6 is 15.9 Å². The average Bonchev–Trinajstić information content (AvgIpc) is 2.50. The molecule has 0 heterocycles. The maximum absolute atomic E-state index is 13.9. The van der Waals surface area contributed by atoms with Gasteiger partial charge in [0.05, 0.1) is 10.0 Å². The van der Waals surface area contributed by atoms with Gasteiger partial charge in [-0.05, 0) is 59.7 Å². The second-order valence-corrected chi connectivity index (χ2v) is 5.55. The summed E-state index contributed by atoms with van der Waals surface area (Å²) in [7, 11) is 1.87. The topological polar surface area (TPSA) is 21.3 Å². The lowest BCUT2D eigenvalue weighted by Gasteiger charge is -2.13. The van der Waals surface area contributed by atoms with Crippen molar-refractivity contribution in [1.29, 1.82) is 0 Å². The van der Waals surface area contributed by atoms with Crippen LogP contribution in [0.2, 0.25) is 0 Å². The zero-order chi connectivity index (χ0) is 15.4. The average molecular weight is 356 g/mol. The van der Waals surface area contributed by atoms with Crippen LogP contribution in [0.4, 0.5) is 8.78 Å². The highest BCUT2D eigenvalue weighted by atomic mass is 79.9.